The number of hydrogen-bond donors (Lipinski definition) is 0. The average molecular weight is 267 g/mol. The standard InChI is InChI=1S/C12H11BrO2/c1-15-12(14)5-3-2-4-10-6-8-11(13)9-7-10/h2-9H,1H3/b4-2-,5-3+. The van der Waals surface area contributed by atoms with E-state index < -0.39 is 0 Å². The highest BCUT2D eigenvalue weighted by Crippen LogP contribution is 2.11. The van der Waals surface area contributed by atoms with Gasteiger partial charge in [-0.05, 0) is 17.7 Å². The molecule has 0 N–H and O–H groups in total. The van der Waals surface area contributed by atoms with E-state index in [9.17, 15) is 4.79 Å². The fourth-order valence-corrected chi connectivity index (χ4v) is 1.21. The fraction of sp³-hybridized carbons (Fsp3) is 0.0833. The van der Waals surface area contributed by atoms with Gasteiger partial charge in [0.1, 0.15) is 0 Å². The van der Waals surface area contributed by atoms with E-state index in [4.69, 9.17) is 0 Å². The minimum Gasteiger partial charge on any atom is -0.466 e. The van der Waals surface area contributed by atoms with Crippen LogP contribution >= 0.6 is 15.9 Å². The lowest BCUT2D eigenvalue weighted by Gasteiger charge is -1.92. The quantitative estimate of drug-likeness (QED) is 0.477. The fourth-order valence-electron chi connectivity index (χ4n) is 0.943. The SMILES string of the molecule is COC(=O)/C=C/C=C\c1ccc(Br)cc1. The average Bonchev–Trinajstić information content (AvgIpc) is 2.26. The van der Waals surface area contributed by atoms with Crippen molar-refractivity contribution in [2.24, 2.45) is 0 Å². The highest BCUT2D eigenvalue weighted by molar-refractivity contribution is 9.10. The molecule has 0 spiro atoms. The molecule has 0 saturated heterocycles. The van der Waals surface area contributed by atoms with Crippen LogP contribution in [0.3, 0.4) is 0 Å². The third kappa shape index (κ3) is 4.61. The molecule has 0 bridgehead atoms. The number of carbonyl (C=O) groups excluding carboxylic acids is 1. The van der Waals surface area contributed by atoms with Crippen LogP contribution in [0.5, 0.6) is 0 Å². The minimum atomic E-state index is -0.351. The van der Waals surface area contributed by atoms with Gasteiger partial charge < -0.3 is 4.74 Å². The summed E-state index contributed by atoms with van der Waals surface area (Å²) in [7, 11) is 1.35. The van der Waals surface area contributed by atoms with Crippen LogP contribution < -0.4 is 0 Å². The summed E-state index contributed by atoms with van der Waals surface area (Å²) in [5, 5.41) is 0. The van der Waals surface area contributed by atoms with Gasteiger partial charge in [0.05, 0.1) is 7.11 Å². The molecule has 1 aromatic carbocycles. The lowest BCUT2D eigenvalue weighted by atomic mass is 10.2. The topological polar surface area (TPSA) is 26.3 Å². The summed E-state index contributed by atoms with van der Waals surface area (Å²) in [5.41, 5.74) is 1.08. The van der Waals surface area contributed by atoms with Crippen molar-refractivity contribution in [1.29, 1.82) is 0 Å². The van der Waals surface area contributed by atoms with Crippen LogP contribution in [-0.4, -0.2) is 13.1 Å². The van der Waals surface area contributed by atoms with E-state index in [0.717, 1.165) is 10.0 Å². The van der Waals surface area contributed by atoms with Gasteiger partial charge in [0.25, 0.3) is 0 Å². The molecular weight excluding hydrogens is 256 g/mol. The summed E-state index contributed by atoms with van der Waals surface area (Å²) in [5.74, 6) is -0.351. The summed E-state index contributed by atoms with van der Waals surface area (Å²) in [6.45, 7) is 0. The molecule has 1 rings (SSSR count). The van der Waals surface area contributed by atoms with Gasteiger partial charge in [0.2, 0.25) is 0 Å². The Hall–Kier alpha value is -1.35. The van der Waals surface area contributed by atoms with E-state index in [-0.39, 0.29) is 5.97 Å². The van der Waals surface area contributed by atoms with E-state index in [1.165, 1.54) is 13.2 Å². The predicted octanol–water partition coefficient (Wildman–Crippen LogP) is 3.19. The van der Waals surface area contributed by atoms with Crippen molar-refractivity contribution >= 4 is 28.0 Å². The smallest absolute Gasteiger partial charge is 0.330 e. The molecule has 0 aliphatic heterocycles. The number of rotatable bonds is 3. The maximum atomic E-state index is 10.7. The lowest BCUT2D eigenvalue weighted by molar-refractivity contribution is -0.134. The summed E-state index contributed by atoms with van der Waals surface area (Å²) in [6.07, 6.45) is 6.72. The summed E-state index contributed by atoms with van der Waals surface area (Å²) in [4.78, 5) is 10.7. The number of hydrogen-bond acceptors (Lipinski definition) is 2. The third-order valence-electron chi connectivity index (χ3n) is 1.70. The van der Waals surface area contributed by atoms with Crippen molar-refractivity contribution in [3.8, 4) is 0 Å². The van der Waals surface area contributed by atoms with Crippen LogP contribution in [0.4, 0.5) is 0 Å². The predicted molar refractivity (Wildman–Crippen MR) is 64.3 cm³/mol. The number of esters is 1. The molecule has 0 heterocycles. The highest BCUT2D eigenvalue weighted by atomic mass is 79.9. The molecule has 2 nitrogen and oxygen atoms in total. The minimum absolute atomic E-state index is 0.351. The van der Waals surface area contributed by atoms with E-state index in [1.54, 1.807) is 12.2 Å². The van der Waals surface area contributed by atoms with Crippen molar-refractivity contribution in [1.82, 2.24) is 0 Å². The van der Waals surface area contributed by atoms with Crippen molar-refractivity contribution in [2.75, 3.05) is 7.11 Å². The van der Waals surface area contributed by atoms with Gasteiger partial charge in [-0.2, -0.15) is 0 Å². The normalized spacial score (nSPS) is 11.1. The summed E-state index contributed by atoms with van der Waals surface area (Å²) in [6, 6.07) is 7.88. The van der Waals surface area contributed by atoms with Crippen molar-refractivity contribution in [3.63, 3.8) is 0 Å². The number of benzene rings is 1. The maximum Gasteiger partial charge on any atom is 0.330 e. The van der Waals surface area contributed by atoms with Crippen molar-refractivity contribution in [3.05, 3.63) is 52.5 Å². The van der Waals surface area contributed by atoms with Crippen LogP contribution in [0.2, 0.25) is 0 Å². The molecule has 0 fully saturated rings. The number of allylic oxidation sites excluding steroid dienone is 2. The molecule has 0 atom stereocenters. The largest absolute Gasteiger partial charge is 0.466 e. The third-order valence-corrected chi connectivity index (χ3v) is 2.23. The van der Waals surface area contributed by atoms with Crippen LogP contribution in [0.15, 0.2) is 47.0 Å². The molecule has 3 heteroatoms. The van der Waals surface area contributed by atoms with Crippen molar-refractivity contribution in [2.45, 2.75) is 0 Å². The Kier molecular flexibility index (Phi) is 4.84. The Morgan fingerprint density at radius 3 is 2.53 bits per heavy atom. The van der Waals surface area contributed by atoms with Gasteiger partial charge in [-0.1, -0.05) is 46.3 Å². The first-order chi connectivity index (χ1) is 7.22. The first kappa shape index (κ1) is 11.7. The van der Waals surface area contributed by atoms with Crippen LogP contribution in [0.1, 0.15) is 5.56 Å². The van der Waals surface area contributed by atoms with Crippen LogP contribution in [0, 0.1) is 0 Å². The van der Waals surface area contributed by atoms with Gasteiger partial charge in [-0.3, -0.25) is 0 Å². The molecule has 78 valence electrons. The Labute approximate surface area is 97.4 Å². The molecule has 15 heavy (non-hydrogen) atoms. The molecule has 0 aliphatic carbocycles. The highest BCUT2D eigenvalue weighted by Gasteiger charge is 1.88. The zero-order valence-corrected chi connectivity index (χ0v) is 9.90. The van der Waals surface area contributed by atoms with E-state index in [0.29, 0.717) is 0 Å². The Balaban J connectivity index is 2.55. The second-order valence-corrected chi connectivity index (χ2v) is 3.71. The zero-order valence-electron chi connectivity index (χ0n) is 8.31. The molecule has 0 radical (unpaired) electrons. The Bertz CT molecular complexity index is 377. The number of carbonyl (C=O) groups is 1. The maximum absolute atomic E-state index is 10.7. The van der Waals surface area contributed by atoms with Gasteiger partial charge in [-0.15, -0.1) is 0 Å². The van der Waals surface area contributed by atoms with Gasteiger partial charge in [0, 0.05) is 10.5 Å². The number of halogens is 1. The van der Waals surface area contributed by atoms with E-state index in [1.807, 2.05) is 30.3 Å². The number of methoxy groups -OCH3 is 1. The Morgan fingerprint density at radius 1 is 1.27 bits per heavy atom. The second-order valence-electron chi connectivity index (χ2n) is 2.79. The van der Waals surface area contributed by atoms with E-state index in [2.05, 4.69) is 20.7 Å². The molecule has 0 unspecified atom stereocenters. The van der Waals surface area contributed by atoms with Crippen LogP contribution in [-0.2, 0) is 9.53 Å². The second kappa shape index (κ2) is 6.19. The zero-order chi connectivity index (χ0) is 11.1. The Morgan fingerprint density at radius 2 is 1.93 bits per heavy atom. The molecule has 1 aromatic rings. The van der Waals surface area contributed by atoms with E-state index >= 15 is 0 Å². The summed E-state index contributed by atoms with van der Waals surface area (Å²) >= 11 is 3.36. The van der Waals surface area contributed by atoms with Gasteiger partial charge in [-0.25, -0.2) is 4.79 Å². The first-order valence-corrected chi connectivity index (χ1v) is 5.20. The summed E-state index contributed by atoms with van der Waals surface area (Å²) < 4.78 is 5.50. The molecular formula is C12H11BrO2. The number of ether oxygens (including phenoxy) is 1. The van der Waals surface area contributed by atoms with Crippen molar-refractivity contribution < 1.29 is 9.53 Å². The molecule has 0 amide bonds. The molecule has 0 aromatic heterocycles. The first-order valence-electron chi connectivity index (χ1n) is 4.40. The molecule has 0 saturated carbocycles. The van der Waals surface area contributed by atoms with Crippen LogP contribution in [0.25, 0.3) is 6.08 Å². The monoisotopic (exact) mass is 266 g/mol. The van der Waals surface area contributed by atoms with Gasteiger partial charge in [0.15, 0.2) is 0 Å². The lowest BCUT2D eigenvalue weighted by Crippen LogP contribution is -1.92. The van der Waals surface area contributed by atoms with Gasteiger partial charge >= 0.3 is 5.97 Å². The molecule has 0 aliphatic rings.